The first-order valence-corrected chi connectivity index (χ1v) is 8.95. The maximum absolute atomic E-state index is 12.4. The van der Waals surface area contributed by atoms with Gasteiger partial charge in [0.15, 0.2) is 23.6 Å². The summed E-state index contributed by atoms with van der Waals surface area (Å²) in [4.78, 5) is 31.8. The second-order valence-electron chi connectivity index (χ2n) is 5.88. The zero-order chi connectivity index (χ0) is 20.4. The van der Waals surface area contributed by atoms with E-state index in [-0.39, 0.29) is 17.4 Å². The summed E-state index contributed by atoms with van der Waals surface area (Å²) in [5.41, 5.74) is 7.23. The van der Waals surface area contributed by atoms with E-state index in [1.54, 1.807) is 36.7 Å². The number of rotatable bonds is 7. The fraction of sp³-hybridized carbons (Fsp3) is 0.238. The molecule has 1 amide bonds. The predicted molar refractivity (Wildman–Crippen MR) is 107 cm³/mol. The molecule has 7 nitrogen and oxygen atoms in total. The molecule has 7 heteroatoms. The molecule has 2 heterocycles. The summed E-state index contributed by atoms with van der Waals surface area (Å²) in [5, 5.41) is 2.86. The molecule has 0 aliphatic rings. The van der Waals surface area contributed by atoms with E-state index in [1.807, 2.05) is 12.1 Å². The molecule has 0 saturated heterocycles. The van der Waals surface area contributed by atoms with E-state index in [9.17, 15) is 9.59 Å². The van der Waals surface area contributed by atoms with Crippen molar-refractivity contribution in [3.05, 3.63) is 72.0 Å². The number of Topliss-reactive ketones (excluding diaryl/α,β-unsaturated/α-hetero) is 1. The molecule has 0 atom stereocenters. The molecule has 0 unspecified atom stereocenters. The smallest absolute Gasteiger partial charge is 0.273 e. The molecule has 3 N–H and O–H groups in total. The zero-order valence-electron chi connectivity index (χ0n) is 16.0. The van der Waals surface area contributed by atoms with Crippen molar-refractivity contribution in [1.82, 2.24) is 15.3 Å². The van der Waals surface area contributed by atoms with E-state index in [1.165, 1.54) is 25.9 Å². The molecular weight excluding hydrogens is 356 g/mol. The van der Waals surface area contributed by atoms with Gasteiger partial charge in [0.25, 0.3) is 5.91 Å². The summed E-state index contributed by atoms with van der Waals surface area (Å²) in [7, 11) is 1.50. The molecule has 0 spiro atoms. The van der Waals surface area contributed by atoms with Crippen LogP contribution < -0.4 is 11.1 Å². The normalized spacial score (nSPS) is 9.96. The molecule has 0 aliphatic carbocycles. The highest BCUT2D eigenvalue weighted by atomic mass is 16.3. The number of ketones is 1. The molecule has 0 bridgehead atoms. The minimum atomic E-state index is -0.279. The first kappa shape index (κ1) is 21.0. The Morgan fingerprint density at radius 1 is 1.07 bits per heavy atom. The second-order valence-corrected chi connectivity index (χ2v) is 5.88. The Morgan fingerprint density at radius 3 is 2.39 bits per heavy atom. The maximum atomic E-state index is 12.4. The van der Waals surface area contributed by atoms with E-state index >= 15 is 0 Å². The summed E-state index contributed by atoms with van der Waals surface area (Å²) in [6.45, 7) is 2.05. The Balaban J connectivity index is 0.00000136. The SMILES string of the molecule is CC(=O)c1ccc(-c2ocnc2C(=O)NCCCc2ccncc2)cc1.CN. The van der Waals surface area contributed by atoms with Crippen molar-refractivity contribution in [1.29, 1.82) is 0 Å². The molecular formula is C21H24N4O3. The number of benzene rings is 1. The number of aryl methyl sites for hydroxylation is 1. The van der Waals surface area contributed by atoms with Crippen molar-refractivity contribution in [2.45, 2.75) is 19.8 Å². The van der Waals surface area contributed by atoms with Crippen LogP contribution >= 0.6 is 0 Å². The molecule has 1 aromatic carbocycles. The van der Waals surface area contributed by atoms with Crippen molar-refractivity contribution in [2.75, 3.05) is 13.6 Å². The summed E-state index contributed by atoms with van der Waals surface area (Å²) in [6.07, 6.45) is 6.44. The highest BCUT2D eigenvalue weighted by molar-refractivity contribution is 5.98. The predicted octanol–water partition coefficient (Wildman–Crippen LogP) is 2.88. The number of carbonyl (C=O) groups excluding carboxylic acids is 2. The molecule has 146 valence electrons. The average Bonchev–Trinajstić information content (AvgIpc) is 3.23. The monoisotopic (exact) mass is 380 g/mol. The van der Waals surface area contributed by atoms with Crippen molar-refractivity contribution >= 4 is 11.7 Å². The standard InChI is InChI=1S/C20H19N3O3.CH5N/c1-14(24)16-4-6-17(7-5-16)19-18(23-13-26-19)20(25)22-10-2-3-15-8-11-21-12-9-15;1-2/h4-9,11-13H,2-3,10H2,1H3,(H,22,25);2H2,1H3. The van der Waals surface area contributed by atoms with Gasteiger partial charge in [0.2, 0.25) is 0 Å². The highest BCUT2D eigenvalue weighted by Gasteiger charge is 2.18. The lowest BCUT2D eigenvalue weighted by molar-refractivity contribution is 0.0948. The minimum Gasteiger partial charge on any atom is -0.443 e. The Bertz CT molecular complexity index is 890. The average molecular weight is 380 g/mol. The number of pyridine rings is 1. The van der Waals surface area contributed by atoms with E-state index in [2.05, 4.69) is 21.0 Å². The van der Waals surface area contributed by atoms with Gasteiger partial charge in [-0.25, -0.2) is 4.98 Å². The van der Waals surface area contributed by atoms with Gasteiger partial charge in [-0.3, -0.25) is 14.6 Å². The van der Waals surface area contributed by atoms with Crippen molar-refractivity contribution in [3.8, 4) is 11.3 Å². The molecule has 3 aromatic rings. The number of hydrogen-bond donors (Lipinski definition) is 2. The topological polar surface area (TPSA) is 111 Å². The lowest BCUT2D eigenvalue weighted by Gasteiger charge is -2.05. The largest absolute Gasteiger partial charge is 0.443 e. The number of nitrogens with zero attached hydrogens (tertiary/aromatic N) is 2. The lowest BCUT2D eigenvalue weighted by Crippen LogP contribution is -2.25. The Labute approximate surface area is 164 Å². The number of aromatic nitrogens is 2. The van der Waals surface area contributed by atoms with Crippen LogP contribution in [-0.2, 0) is 6.42 Å². The van der Waals surface area contributed by atoms with Crippen LogP contribution in [0.4, 0.5) is 0 Å². The van der Waals surface area contributed by atoms with E-state index in [0.29, 0.717) is 23.4 Å². The van der Waals surface area contributed by atoms with Crippen LogP contribution in [0.1, 0.15) is 39.8 Å². The first-order valence-electron chi connectivity index (χ1n) is 8.95. The van der Waals surface area contributed by atoms with E-state index in [0.717, 1.165) is 12.8 Å². The van der Waals surface area contributed by atoms with Gasteiger partial charge in [-0.2, -0.15) is 0 Å². The van der Waals surface area contributed by atoms with Crippen molar-refractivity contribution in [3.63, 3.8) is 0 Å². The van der Waals surface area contributed by atoms with Crippen molar-refractivity contribution in [2.24, 2.45) is 5.73 Å². The summed E-state index contributed by atoms with van der Waals surface area (Å²) < 4.78 is 5.38. The van der Waals surface area contributed by atoms with Gasteiger partial charge in [-0.15, -0.1) is 0 Å². The number of oxazole rings is 1. The van der Waals surface area contributed by atoms with Gasteiger partial charge in [-0.05, 0) is 44.5 Å². The third kappa shape index (κ3) is 5.59. The fourth-order valence-corrected chi connectivity index (χ4v) is 2.60. The van der Waals surface area contributed by atoms with Crippen LogP contribution in [0, 0.1) is 0 Å². The van der Waals surface area contributed by atoms with Crippen LogP contribution in [0.5, 0.6) is 0 Å². The second kappa shape index (κ2) is 10.7. The van der Waals surface area contributed by atoms with Gasteiger partial charge in [0.1, 0.15) is 0 Å². The Morgan fingerprint density at radius 2 is 1.75 bits per heavy atom. The first-order chi connectivity index (χ1) is 13.6. The highest BCUT2D eigenvalue weighted by Crippen LogP contribution is 2.23. The molecule has 28 heavy (non-hydrogen) atoms. The quantitative estimate of drug-likeness (QED) is 0.482. The van der Waals surface area contributed by atoms with Crippen LogP contribution in [-0.4, -0.2) is 35.3 Å². The number of amides is 1. The number of hydrogen-bond acceptors (Lipinski definition) is 6. The number of carbonyl (C=O) groups is 2. The van der Waals surface area contributed by atoms with Crippen LogP contribution in [0.3, 0.4) is 0 Å². The van der Waals surface area contributed by atoms with Gasteiger partial charge in [0.05, 0.1) is 0 Å². The summed E-state index contributed by atoms with van der Waals surface area (Å²) in [6, 6.07) is 10.8. The Kier molecular flexibility index (Phi) is 8.05. The maximum Gasteiger partial charge on any atom is 0.273 e. The Hall–Kier alpha value is -3.32. The molecule has 0 fully saturated rings. The molecule has 2 aromatic heterocycles. The third-order valence-corrected chi connectivity index (χ3v) is 4.01. The van der Waals surface area contributed by atoms with E-state index in [4.69, 9.17) is 4.42 Å². The van der Waals surface area contributed by atoms with Gasteiger partial charge < -0.3 is 15.5 Å². The summed E-state index contributed by atoms with van der Waals surface area (Å²) >= 11 is 0. The van der Waals surface area contributed by atoms with Crippen LogP contribution in [0.25, 0.3) is 11.3 Å². The number of nitrogens with two attached hydrogens (primary N) is 1. The lowest BCUT2D eigenvalue weighted by atomic mass is 10.1. The van der Waals surface area contributed by atoms with Gasteiger partial charge in [0, 0.05) is 30.1 Å². The van der Waals surface area contributed by atoms with Crippen LogP contribution in [0.15, 0.2) is 59.6 Å². The van der Waals surface area contributed by atoms with Gasteiger partial charge >= 0.3 is 0 Å². The van der Waals surface area contributed by atoms with Gasteiger partial charge in [-0.1, -0.05) is 24.3 Å². The third-order valence-electron chi connectivity index (χ3n) is 4.01. The van der Waals surface area contributed by atoms with E-state index < -0.39 is 0 Å². The molecule has 0 radical (unpaired) electrons. The zero-order valence-corrected chi connectivity index (χ0v) is 16.0. The summed E-state index contributed by atoms with van der Waals surface area (Å²) in [5.74, 6) is 0.104. The molecule has 3 rings (SSSR count). The van der Waals surface area contributed by atoms with Crippen LogP contribution in [0.2, 0.25) is 0 Å². The minimum absolute atomic E-state index is 0.0127. The fourth-order valence-electron chi connectivity index (χ4n) is 2.60. The number of nitrogens with one attached hydrogen (secondary N) is 1. The molecule has 0 aliphatic heterocycles. The van der Waals surface area contributed by atoms with Crippen molar-refractivity contribution < 1.29 is 14.0 Å². The molecule has 0 saturated carbocycles.